The van der Waals surface area contributed by atoms with Gasteiger partial charge in [-0.2, -0.15) is 4.98 Å². The highest BCUT2D eigenvalue weighted by molar-refractivity contribution is 5.79. The summed E-state index contributed by atoms with van der Waals surface area (Å²) in [5, 5.41) is 3.03. The van der Waals surface area contributed by atoms with Crippen molar-refractivity contribution in [1.29, 1.82) is 0 Å². The van der Waals surface area contributed by atoms with Crippen LogP contribution in [0.4, 0.5) is 10.4 Å². The van der Waals surface area contributed by atoms with Crippen molar-refractivity contribution in [3.63, 3.8) is 0 Å². The molecule has 0 saturated carbocycles. The number of nitrogens with one attached hydrogen (secondary N) is 1. The average Bonchev–Trinajstić information content (AvgIpc) is 3.22. The van der Waals surface area contributed by atoms with Crippen LogP contribution in [0.1, 0.15) is 25.7 Å². The van der Waals surface area contributed by atoms with E-state index in [1.807, 2.05) is 24.3 Å². The number of unbranched alkanes of at least 4 members (excludes halogenated alkanes) is 1. The zero-order valence-electron chi connectivity index (χ0n) is 16.9. The third-order valence-electron chi connectivity index (χ3n) is 5.37. The minimum absolute atomic E-state index is 0.0288. The summed E-state index contributed by atoms with van der Waals surface area (Å²) in [5.41, 5.74) is 1.64. The standard InChI is InChI=1S/C23H26FN3O3/c24-18-7-9-19(10-8-18)29-16-4-3-13-25-22(28)17-11-14-27(15-12-17)23-26-20-5-1-2-6-21(20)30-23/h1-2,5-10,17H,3-4,11-16H2,(H,25,28). The second kappa shape index (κ2) is 9.61. The molecule has 1 aliphatic heterocycles. The Balaban J connectivity index is 1.13. The topological polar surface area (TPSA) is 67.6 Å². The molecule has 4 rings (SSSR count). The van der Waals surface area contributed by atoms with Crippen molar-refractivity contribution < 1.29 is 18.3 Å². The second-order valence-corrected chi connectivity index (χ2v) is 7.53. The minimum atomic E-state index is -0.273. The number of nitrogens with zero attached hydrogens (tertiary/aromatic N) is 2. The number of fused-ring (bicyclic) bond motifs is 1. The first-order valence-corrected chi connectivity index (χ1v) is 10.5. The lowest BCUT2D eigenvalue weighted by Crippen LogP contribution is -2.41. The number of carbonyl (C=O) groups is 1. The molecule has 1 aliphatic rings. The first kappa shape index (κ1) is 20.2. The van der Waals surface area contributed by atoms with Crippen LogP contribution in [-0.2, 0) is 4.79 Å². The molecule has 30 heavy (non-hydrogen) atoms. The molecule has 0 unspecified atom stereocenters. The molecule has 0 spiro atoms. The molecule has 6 nitrogen and oxygen atoms in total. The zero-order valence-corrected chi connectivity index (χ0v) is 16.9. The number of rotatable bonds is 8. The smallest absolute Gasteiger partial charge is 0.298 e. The summed E-state index contributed by atoms with van der Waals surface area (Å²) < 4.78 is 24.2. The number of ether oxygens (including phenoxy) is 1. The lowest BCUT2D eigenvalue weighted by Gasteiger charge is -2.30. The lowest BCUT2D eigenvalue weighted by molar-refractivity contribution is -0.125. The second-order valence-electron chi connectivity index (χ2n) is 7.53. The summed E-state index contributed by atoms with van der Waals surface area (Å²) in [6.45, 7) is 2.70. The maximum Gasteiger partial charge on any atom is 0.298 e. The molecule has 0 bridgehead atoms. The predicted molar refractivity (Wildman–Crippen MR) is 113 cm³/mol. The fourth-order valence-corrected chi connectivity index (χ4v) is 3.63. The van der Waals surface area contributed by atoms with Gasteiger partial charge in [-0.15, -0.1) is 0 Å². The van der Waals surface area contributed by atoms with Gasteiger partial charge in [-0.05, 0) is 62.1 Å². The van der Waals surface area contributed by atoms with Gasteiger partial charge in [-0.1, -0.05) is 12.1 Å². The maximum atomic E-state index is 12.9. The van der Waals surface area contributed by atoms with Crippen molar-refractivity contribution in [3.05, 3.63) is 54.3 Å². The molecule has 0 radical (unpaired) electrons. The Bertz CT molecular complexity index is 932. The van der Waals surface area contributed by atoms with Gasteiger partial charge in [0.25, 0.3) is 6.01 Å². The molecule has 1 aromatic heterocycles. The molecule has 1 N–H and O–H groups in total. The van der Waals surface area contributed by atoms with Crippen LogP contribution in [0.5, 0.6) is 5.75 Å². The van der Waals surface area contributed by atoms with E-state index in [0.717, 1.165) is 49.9 Å². The molecule has 1 fully saturated rings. The third kappa shape index (κ3) is 5.09. The number of anilines is 1. The number of para-hydroxylation sites is 2. The van der Waals surface area contributed by atoms with E-state index >= 15 is 0 Å². The molecule has 2 heterocycles. The van der Waals surface area contributed by atoms with Crippen LogP contribution in [0.15, 0.2) is 52.9 Å². The van der Waals surface area contributed by atoms with Crippen molar-refractivity contribution in [2.45, 2.75) is 25.7 Å². The third-order valence-corrected chi connectivity index (χ3v) is 5.37. The SMILES string of the molecule is O=C(NCCCCOc1ccc(F)cc1)C1CCN(c2nc3ccccc3o2)CC1. The number of oxazole rings is 1. The van der Waals surface area contributed by atoms with Crippen LogP contribution in [0.25, 0.3) is 11.1 Å². The molecule has 0 atom stereocenters. The van der Waals surface area contributed by atoms with E-state index in [2.05, 4.69) is 15.2 Å². The van der Waals surface area contributed by atoms with E-state index < -0.39 is 0 Å². The van der Waals surface area contributed by atoms with Gasteiger partial charge >= 0.3 is 0 Å². The Hall–Kier alpha value is -3.09. The number of halogens is 1. The van der Waals surface area contributed by atoms with Gasteiger partial charge < -0.3 is 19.4 Å². The summed E-state index contributed by atoms with van der Waals surface area (Å²) in [6.07, 6.45) is 3.25. The molecule has 7 heteroatoms. The van der Waals surface area contributed by atoms with E-state index in [9.17, 15) is 9.18 Å². The zero-order chi connectivity index (χ0) is 20.8. The number of hydrogen-bond donors (Lipinski definition) is 1. The Labute approximate surface area is 175 Å². The number of benzene rings is 2. The molecular formula is C23H26FN3O3. The normalized spacial score (nSPS) is 14.8. The number of carbonyl (C=O) groups excluding carboxylic acids is 1. The molecule has 3 aromatic rings. The highest BCUT2D eigenvalue weighted by Gasteiger charge is 2.26. The summed E-state index contributed by atoms with van der Waals surface area (Å²) in [5.74, 6) is 0.531. The van der Waals surface area contributed by atoms with Crippen molar-refractivity contribution in [2.75, 3.05) is 31.1 Å². The number of piperidine rings is 1. The minimum Gasteiger partial charge on any atom is -0.494 e. The van der Waals surface area contributed by atoms with Crippen molar-refractivity contribution in [2.24, 2.45) is 5.92 Å². The number of amides is 1. The lowest BCUT2D eigenvalue weighted by atomic mass is 9.96. The van der Waals surface area contributed by atoms with Gasteiger partial charge in [0, 0.05) is 25.6 Å². The van der Waals surface area contributed by atoms with Gasteiger partial charge in [0.05, 0.1) is 6.61 Å². The van der Waals surface area contributed by atoms with Crippen molar-refractivity contribution >= 4 is 23.0 Å². The molecule has 1 saturated heterocycles. The van der Waals surface area contributed by atoms with Gasteiger partial charge in [-0.25, -0.2) is 4.39 Å². The van der Waals surface area contributed by atoms with Crippen LogP contribution >= 0.6 is 0 Å². The Morgan fingerprint density at radius 1 is 1.13 bits per heavy atom. The van der Waals surface area contributed by atoms with Crippen LogP contribution in [-0.4, -0.2) is 37.1 Å². The summed E-state index contributed by atoms with van der Waals surface area (Å²) in [4.78, 5) is 19.1. The largest absolute Gasteiger partial charge is 0.494 e. The number of hydrogen-bond acceptors (Lipinski definition) is 5. The van der Waals surface area contributed by atoms with E-state index in [1.165, 1.54) is 12.1 Å². The van der Waals surface area contributed by atoms with Crippen LogP contribution < -0.4 is 15.0 Å². The van der Waals surface area contributed by atoms with Gasteiger partial charge in [-0.3, -0.25) is 4.79 Å². The molecular weight excluding hydrogens is 385 g/mol. The van der Waals surface area contributed by atoms with E-state index in [0.29, 0.717) is 24.9 Å². The van der Waals surface area contributed by atoms with E-state index in [4.69, 9.17) is 9.15 Å². The fraction of sp³-hybridized carbons (Fsp3) is 0.391. The van der Waals surface area contributed by atoms with Crippen molar-refractivity contribution in [1.82, 2.24) is 10.3 Å². The predicted octanol–water partition coefficient (Wildman–Crippen LogP) is 4.16. The highest BCUT2D eigenvalue weighted by Crippen LogP contribution is 2.26. The number of aromatic nitrogens is 1. The Morgan fingerprint density at radius 3 is 2.67 bits per heavy atom. The maximum absolute atomic E-state index is 12.9. The summed E-state index contributed by atoms with van der Waals surface area (Å²) >= 11 is 0. The van der Waals surface area contributed by atoms with E-state index in [-0.39, 0.29) is 17.6 Å². The van der Waals surface area contributed by atoms with Crippen molar-refractivity contribution in [3.8, 4) is 5.75 Å². The Kier molecular flexibility index (Phi) is 6.47. The van der Waals surface area contributed by atoms with Crippen LogP contribution in [0.3, 0.4) is 0 Å². The van der Waals surface area contributed by atoms with Gasteiger partial charge in [0.1, 0.15) is 17.1 Å². The molecule has 158 valence electrons. The molecule has 2 aromatic carbocycles. The van der Waals surface area contributed by atoms with Crippen LogP contribution in [0.2, 0.25) is 0 Å². The summed E-state index contributed by atoms with van der Waals surface area (Å²) in [7, 11) is 0. The monoisotopic (exact) mass is 411 g/mol. The molecule has 0 aliphatic carbocycles. The first-order chi connectivity index (χ1) is 14.7. The summed E-state index contributed by atoms with van der Waals surface area (Å²) in [6, 6.07) is 14.4. The first-order valence-electron chi connectivity index (χ1n) is 10.5. The van der Waals surface area contributed by atoms with E-state index in [1.54, 1.807) is 12.1 Å². The van der Waals surface area contributed by atoms with Gasteiger partial charge in [0.2, 0.25) is 5.91 Å². The van der Waals surface area contributed by atoms with Crippen LogP contribution in [0, 0.1) is 11.7 Å². The quantitative estimate of drug-likeness (QED) is 0.564. The molecule has 1 amide bonds. The Morgan fingerprint density at radius 2 is 1.90 bits per heavy atom. The fourth-order valence-electron chi connectivity index (χ4n) is 3.63. The van der Waals surface area contributed by atoms with Gasteiger partial charge in [0.15, 0.2) is 5.58 Å². The average molecular weight is 411 g/mol. The highest BCUT2D eigenvalue weighted by atomic mass is 19.1.